The fraction of sp³-hybridized carbons (Fsp3) is 1.00. The number of halogens is 12. The van der Waals surface area contributed by atoms with E-state index in [4.69, 9.17) is 0 Å². The van der Waals surface area contributed by atoms with Gasteiger partial charge in [0, 0.05) is 6.42 Å². The zero-order chi connectivity index (χ0) is 22.1. The molecule has 0 fully saturated rings. The molecule has 164 valence electrons. The molecule has 3 nitrogen and oxygen atoms in total. The van der Waals surface area contributed by atoms with E-state index in [1.807, 2.05) is 0 Å². The van der Waals surface area contributed by atoms with Crippen LogP contribution in [0.25, 0.3) is 0 Å². The Morgan fingerprint density at radius 2 is 1.18 bits per heavy atom. The maximum atomic E-state index is 13.3. The summed E-state index contributed by atoms with van der Waals surface area (Å²) in [4.78, 5) is 0. The van der Waals surface area contributed by atoms with Crippen LogP contribution in [0.2, 0.25) is 0 Å². The Kier molecular flexibility index (Phi) is 10.2. The van der Waals surface area contributed by atoms with Gasteiger partial charge in [-0.05, 0) is 12.8 Å². The molecular formula is C11H11F12NaO3S. The first kappa shape index (κ1) is 30.3. The molecule has 0 saturated heterocycles. The summed E-state index contributed by atoms with van der Waals surface area (Å²) >= 11 is 0. The van der Waals surface area contributed by atoms with Gasteiger partial charge in [0.15, 0.2) is 16.3 Å². The summed E-state index contributed by atoms with van der Waals surface area (Å²) < 4.78 is 183. The van der Waals surface area contributed by atoms with Crippen LogP contribution >= 0.6 is 0 Å². The van der Waals surface area contributed by atoms with Gasteiger partial charge in [0.25, 0.3) is 0 Å². The minimum atomic E-state index is -7.54. The predicted molar refractivity (Wildman–Crippen MR) is 63.5 cm³/mol. The van der Waals surface area contributed by atoms with Gasteiger partial charge in [0.2, 0.25) is 0 Å². The van der Waals surface area contributed by atoms with Crippen molar-refractivity contribution >= 4 is 10.1 Å². The number of rotatable bonds is 10. The summed E-state index contributed by atoms with van der Waals surface area (Å²) in [6.45, 7) is 0. The van der Waals surface area contributed by atoms with Gasteiger partial charge < -0.3 is 4.55 Å². The monoisotopic (exact) mass is 474 g/mol. The maximum absolute atomic E-state index is 13.3. The minimum Gasteiger partial charge on any atom is -0.743 e. The van der Waals surface area contributed by atoms with Gasteiger partial charge in [-0.2, -0.15) is 48.3 Å². The van der Waals surface area contributed by atoms with Crippen LogP contribution in [0.5, 0.6) is 0 Å². The molecule has 0 aliphatic heterocycles. The molecule has 0 radical (unpaired) electrons. The van der Waals surface area contributed by atoms with Gasteiger partial charge in [0.1, 0.15) is 0 Å². The fourth-order valence-corrected chi connectivity index (χ4v) is 2.19. The molecule has 0 saturated carbocycles. The first-order valence-electron chi connectivity index (χ1n) is 6.80. The first-order chi connectivity index (χ1) is 11.6. The quantitative estimate of drug-likeness (QED) is 0.210. The van der Waals surface area contributed by atoms with E-state index >= 15 is 0 Å². The van der Waals surface area contributed by atoms with E-state index < -0.39 is 77.6 Å². The first-order valence-corrected chi connectivity index (χ1v) is 8.21. The number of hydrogen-bond donors (Lipinski definition) is 0. The molecule has 1 atom stereocenters. The topological polar surface area (TPSA) is 57.2 Å². The van der Waals surface area contributed by atoms with E-state index in [1.165, 1.54) is 0 Å². The maximum Gasteiger partial charge on any atom is 1.00 e. The largest absolute Gasteiger partial charge is 1.00 e. The third kappa shape index (κ3) is 6.28. The molecule has 0 rings (SSSR count). The van der Waals surface area contributed by atoms with Crippen molar-refractivity contribution in [1.29, 1.82) is 0 Å². The summed E-state index contributed by atoms with van der Waals surface area (Å²) in [6.07, 6.45) is -14.3. The summed E-state index contributed by atoms with van der Waals surface area (Å²) in [5, 5.41) is -7.20. The molecule has 0 bridgehead atoms. The Bertz CT molecular complexity index is 604. The Morgan fingerprint density at radius 1 is 0.750 bits per heavy atom. The third-order valence-electron chi connectivity index (χ3n) is 3.30. The van der Waals surface area contributed by atoms with Gasteiger partial charge in [0.05, 0.1) is 0 Å². The summed E-state index contributed by atoms with van der Waals surface area (Å²) in [7, 11) is -7.54. The number of alkyl halides is 12. The van der Waals surface area contributed by atoms with Gasteiger partial charge in [-0.1, -0.05) is 12.8 Å². The van der Waals surface area contributed by atoms with E-state index in [9.17, 15) is 65.7 Å². The SMILES string of the molecule is O=S(=O)([O-])C(F)(F)C(F)(F)C(F)(F)C(F)(F)C(F)CCCCCC(F)(F)F.[Na+]. The Morgan fingerprint density at radius 3 is 1.54 bits per heavy atom. The molecule has 0 N–H and O–H groups in total. The molecule has 0 aromatic rings. The molecule has 0 aliphatic rings. The molecule has 17 heteroatoms. The summed E-state index contributed by atoms with van der Waals surface area (Å²) in [5.41, 5.74) is 0. The zero-order valence-corrected chi connectivity index (χ0v) is 16.6. The van der Waals surface area contributed by atoms with Crippen LogP contribution in [-0.4, -0.2) is 48.3 Å². The Labute approximate surface area is 172 Å². The Hall–Kier alpha value is 0.0700. The van der Waals surface area contributed by atoms with Crippen LogP contribution in [0.3, 0.4) is 0 Å². The van der Waals surface area contributed by atoms with Crippen molar-refractivity contribution in [2.75, 3.05) is 0 Å². The third-order valence-corrected chi connectivity index (χ3v) is 4.19. The van der Waals surface area contributed by atoms with Crippen molar-refractivity contribution in [3.8, 4) is 0 Å². The van der Waals surface area contributed by atoms with Gasteiger partial charge in [-0.3, -0.25) is 0 Å². The predicted octanol–water partition coefficient (Wildman–Crippen LogP) is 1.89. The van der Waals surface area contributed by atoms with Gasteiger partial charge in [-0.25, -0.2) is 12.8 Å². The van der Waals surface area contributed by atoms with E-state index in [-0.39, 0.29) is 29.6 Å². The van der Waals surface area contributed by atoms with Crippen molar-refractivity contribution < 1.29 is 95.2 Å². The minimum absolute atomic E-state index is 0. The normalized spacial score (nSPS) is 15.9. The van der Waals surface area contributed by atoms with Crippen molar-refractivity contribution in [3.63, 3.8) is 0 Å². The van der Waals surface area contributed by atoms with Crippen molar-refractivity contribution in [1.82, 2.24) is 0 Å². The molecule has 0 spiro atoms. The van der Waals surface area contributed by atoms with Crippen LogP contribution in [0.1, 0.15) is 32.1 Å². The van der Waals surface area contributed by atoms with Crippen LogP contribution < -0.4 is 29.6 Å². The van der Waals surface area contributed by atoms with Crippen LogP contribution in [0.15, 0.2) is 0 Å². The zero-order valence-electron chi connectivity index (χ0n) is 13.8. The second-order valence-corrected chi connectivity index (χ2v) is 6.85. The molecule has 28 heavy (non-hydrogen) atoms. The van der Waals surface area contributed by atoms with Crippen molar-refractivity contribution in [2.45, 2.75) is 67.5 Å². The van der Waals surface area contributed by atoms with Crippen LogP contribution in [-0.2, 0) is 10.1 Å². The second-order valence-electron chi connectivity index (χ2n) is 5.42. The van der Waals surface area contributed by atoms with E-state index in [0.29, 0.717) is 0 Å². The van der Waals surface area contributed by atoms with Gasteiger partial charge >= 0.3 is 58.8 Å². The fourth-order valence-electron chi connectivity index (χ4n) is 1.75. The summed E-state index contributed by atoms with van der Waals surface area (Å²) in [6, 6.07) is 0. The van der Waals surface area contributed by atoms with Gasteiger partial charge in [-0.15, -0.1) is 0 Å². The Balaban J connectivity index is 0. The molecule has 0 aromatic heterocycles. The van der Waals surface area contributed by atoms with Crippen LogP contribution in [0, 0.1) is 0 Å². The van der Waals surface area contributed by atoms with E-state index in [2.05, 4.69) is 0 Å². The molecule has 0 aliphatic carbocycles. The smallest absolute Gasteiger partial charge is 0.743 e. The van der Waals surface area contributed by atoms with E-state index in [0.717, 1.165) is 0 Å². The second kappa shape index (κ2) is 9.47. The molecule has 0 amide bonds. The summed E-state index contributed by atoms with van der Waals surface area (Å²) in [5.74, 6) is -21.4. The van der Waals surface area contributed by atoms with Crippen LogP contribution in [0.4, 0.5) is 52.7 Å². The standard InChI is InChI=1S/C11H12F12O3S.Na/c12-6(4-2-1-3-5-7(13,14)15)8(16,17)9(18,19)10(20,21)11(22,23)27(24,25)26;/h6H,1-5H2,(H,24,25,26);/q;+1/p-1. The average Bonchev–Trinajstić information content (AvgIpc) is 2.43. The van der Waals surface area contributed by atoms with Crippen molar-refractivity contribution in [3.05, 3.63) is 0 Å². The molecular weight excluding hydrogens is 463 g/mol. The molecule has 0 aromatic carbocycles. The number of hydrogen-bond acceptors (Lipinski definition) is 3. The molecule has 1 unspecified atom stereocenters. The van der Waals surface area contributed by atoms with Crippen molar-refractivity contribution in [2.24, 2.45) is 0 Å². The average molecular weight is 474 g/mol. The van der Waals surface area contributed by atoms with E-state index in [1.54, 1.807) is 0 Å². The number of unbranched alkanes of at least 4 members (excludes halogenated alkanes) is 2. The molecule has 0 heterocycles.